The number of hydrogen-bond acceptors (Lipinski definition) is 6. The zero-order valence-corrected chi connectivity index (χ0v) is 20.5. The molecular weight excluding hydrogens is 470 g/mol. The van der Waals surface area contributed by atoms with Crippen LogP contribution in [0.1, 0.15) is 41.8 Å². The van der Waals surface area contributed by atoms with Gasteiger partial charge in [0, 0.05) is 29.2 Å². The molecular formula is C26H26ClN3O5. The van der Waals surface area contributed by atoms with Crippen molar-refractivity contribution in [2.24, 2.45) is 5.92 Å². The zero-order chi connectivity index (χ0) is 25.1. The summed E-state index contributed by atoms with van der Waals surface area (Å²) in [5.41, 5.74) is 3.70. The molecule has 35 heavy (non-hydrogen) atoms. The Hall–Kier alpha value is -3.65. The molecule has 1 saturated heterocycles. The van der Waals surface area contributed by atoms with E-state index >= 15 is 0 Å². The normalized spacial score (nSPS) is 15.4. The van der Waals surface area contributed by atoms with Crippen LogP contribution in [-0.2, 0) is 20.7 Å². The molecule has 1 unspecified atom stereocenters. The van der Waals surface area contributed by atoms with Crippen molar-refractivity contribution in [3.05, 3.63) is 64.2 Å². The van der Waals surface area contributed by atoms with Crippen LogP contribution in [0.15, 0.2) is 47.0 Å². The number of ether oxygens (including phenoxy) is 1. The summed E-state index contributed by atoms with van der Waals surface area (Å²) in [6.07, 6.45) is 0.822. The van der Waals surface area contributed by atoms with Gasteiger partial charge in [-0.05, 0) is 43.5 Å². The van der Waals surface area contributed by atoms with E-state index in [9.17, 15) is 14.4 Å². The van der Waals surface area contributed by atoms with Gasteiger partial charge < -0.3 is 14.2 Å². The number of anilines is 2. The van der Waals surface area contributed by atoms with Gasteiger partial charge >= 0.3 is 5.97 Å². The lowest BCUT2D eigenvalue weighted by Crippen LogP contribution is -2.29. The maximum atomic E-state index is 13.2. The molecule has 0 aliphatic carbocycles. The molecule has 1 aromatic heterocycles. The van der Waals surface area contributed by atoms with Gasteiger partial charge in [-0.2, -0.15) is 0 Å². The Balaban J connectivity index is 1.59. The van der Waals surface area contributed by atoms with Crippen LogP contribution in [0, 0.1) is 12.8 Å². The molecule has 2 heterocycles. The van der Waals surface area contributed by atoms with E-state index in [4.69, 9.17) is 20.9 Å². The zero-order valence-electron chi connectivity index (χ0n) is 19.8. The SMILES string of the molecule is CCOC(=O)c1c(-c2ccc(Cl)cc2)noc1NC(=O)C1CC(=O)N(c2c(C)cccc2CC)C1. The van der Waals surface area contributed by atoms with E-state index in [1.807, 2.05) is 32.0 Å². The van der Waals surface area contributed by atoms with Crippen LogP contribution >= 0.6 is 11.6 Å². The van der Waals surface area contributed by atoms with Crippen molar-refractivity contribution in [1.29, 1.82) is 0 Å². The van der Waals surface area contributed by atoms with E-state index in [1.54, 1.807) is 36.1 Å². The number of esters is 1. The van der Waals surface area contributed by atoms with Crippen LogP contribution < -0.4 is 10.2 Å². The molecule has 0 spiro atoms. The number of hydrogen-bond donors (Lipinski definition) is 1. The first kappa shape index (κ1) is 24.5. The fourth-order valence-electron chi connectivity index (χ4n) is 4.28. The van der Waals surface area contributed by atoms with E-state index in [1.165, 1.54) is 0 Å². The van der Waals surface area contributed by atoms with Crippen LogP contribution in [0.3, 0.4) is 0 Å². The number of nitrogens with one attached hydrogen (secondary N) is 1. The number of para-hydroxylation sites is 1. The molecule has 3 aromatic rings. The first-order valence-corrected chi connectivity index (χ1v) is 11.8. The molecule has 2 amide bonds. The largest absolute Gasteiger partial charge is 0.462 e. The lowest BCUT2D eigenvalue weighted by atomic mass is 10.0. The van der Waals surface area contributed by atoms with Gasteiger partial charge in [-0.25, -0.2) is 4.79 Å². The second kappa shape index (κ2) is 10.3. The Morgan fingerprint density at radius 3 is 2.63 bits per heavy atom. The molecule has 1 aliphatic rings. The molecule has 182 valence electrons. The van der Waals surface area contributed by atoms with Gasteiger partial charge in [0.15, 0.2) is 5.56 Å². The highest BCUT2D eigenvalue weighted by Crippen LogP contribution is 2.34. The average Bonchev–Trinajstić information content (AvgIpc) is 3.43. The van der Waals surface area contributed by atoms with E-state index in [0.717, 1.165) is 23.2 Å². The lowest BCUT2D eigenvalue weighted by Gasteiger charge is -2.22. The molecule has 0 saturated carbocycles. The minimum Gasteiger partial charge on any atom is -0.462 e. The number of halogens is 1. The van der Waals surface area contributed by atoms with Gasteiger partial charge in [0.1, 0.15) is 5.69 Å². The highest BCUT2D eigenvalue weighted by atomic mass is 35.5. The highest BCUT2D eigenvalue weighted by Gasteiger charge is 2.38. The third-order valence-electron chi connectivity index (χ3n) is 5.99. The van der Waals surface area contributed by atoms with Crippen LogP contribution in [-0.4, -0.2) is 36.1 Å². The summed E-state index contributed by atoms with van der Waals surface area (Å²) in [5, 5.41) is 7.18. The first-order chi connectivity index (χ1) is 16.8. The molecule has 4 rings (SSSR count). The number of amides is 2. The topological polar surface area (TPSA) is 102 Å². The summed E-state index contributed by atoms with van der Waals surface area (Å²) in [5.74, 6) is -1.97. The second-order valence-electron chi connectivity index (χ2n) is 8.29. The number of carbonyl (C=O) groups excluding carboxylic acids is 3. The number of carbonyl (C=O) groups is 3. The first-order valence-electron chi connectivity index (χ1n) is 11.5. The van der Waals surface area contributed by atoms with Crippen LogP contribution in [0.4, 0.5) is 11.6 Å². The predicted octanol–water partition coefficient (Wildman–Crippen LogP) is 5.03. The number of benzene rings is 2. The Bertz CT molecular complexity index is 1270. The van der Waals surface area contributed by atoms with Gasteiger partial charge in [0.05, 0.1) is 12.5 Å². The molecule has 1 fully saturated rings. The molecule has 1 aliphatic heterocycles. The van der Waals surface area contributed by atoms with Crippen molar-refractivity contribution in [2.45, 2.75) is 33.6 Å². The number of aromatic nitrogens is 1. The third-order valence-corrected chi connectivity index (χ3v) is 6.25. The van der Waals surface area contributed by atoms with Crippen molar-refractivity contribution in [3.63, 3.8) is 0 Å². The fraction of sp³-hybridized carbons (Fsp3) is 0.308. The Kier molecular flexibility index (Phi) is 7.21. The van der Waals surface area contributed by atoms with Gasteiger partial charge in [-0.3, -0.25) is 14.9 Å². The van der Waals surface area contributed by atoms with Crippen molar-refractivity contribution >= 4 is 41.0 Å². The maximum Gasteiger partial charge on any atom is 0.346 e. The smallest absolute Gasteiger partial charge is 0.346 e. The van der Waals surface area contributed by atoms with Crippen molar-refractivity contribution in [1.82, 2.24) is 5.16 Å². The molecule has 0 radical (unpaired) electrons. The Labute approximate surface area is 208 Å². The average molecular weight is 496 g/mol. The fourth-order valence-corrected chi connectivity index (χ4v) is 4.40. The second-order valence-corrected chi connectivity index (χ2v) is 8.73. The summed E-state index contributed by atoms with van der Waals surface area (Å²) in [6.45, 7) is 6.03. The standard InChI is InChI=1S/C26H26ClN3O5/c1-4-16-8-6-7-15(3)23(16)30-14-18(13-20(30)31)24(32)28-25-21(26(33)34-5-2)22(29-35-25)17-9-11-19(27)12-10-17/h6-12,18H,4-5,13-14H2,1-3H3,(H,28,32). The quantitative estimate of drug-likeness (QED) is 0.461. The van der Waals surface area contributed by atoms with Crippen LogP contribution in [0.2, 0.25) is 5.02 Å². The van der Waals surface area contributed by atoms with Crippen molar-refractivity contribution < 1.29 is 23.6 Å². The Morgan fingerprint density at radius 2 is 1.94 bits per heavy atom. The van der Waals surface area contributed by atoms with E-state index in [0.29, 0.717) is 10.6 Å². The third kappa shape index (κ3) is 4.93. The Morgan fingerprint density at radius 1 is 1.20 bits per heavy atom. The van der Waals surface area contributed by atoms with Gasteiger partial charge in [-0.15, -0.1) is 0 Å². The van der Waals surface area contributed by atoms with E-state index < -0.39 is 17.8 Å². The molecule has 1 atom stereocenters. The molecule has 1 N–H and O–H groups in total. The minimum absolute atomic E-state index is 0.0101. The van der Waals surface area contributed by atoms with Crippen molar-refractivity contribution in [2.75, 3.05) is 23.4 Å². The number of aryl methyl sites for hydroxylation is 2. The van der Waals surface area contributed by atoms with Crippen LogP contribution in [0.25, 0.3) is 11.3 Å². The molecule has 0 bridgehead atoms. The highest BCUT2D eigenvalue weighted by molar-refractivity contribution is 6.30. The predicted molar refractivity (Wildman–Crippen MR) is 133 cm³/mol. The summed E-state index contributed by atoms with van der Waals surface area (Å²) in [6, 6.07) is 12.6. The summed E-state index contributed by atoms with van der Waals surface area (Å²) >= 11 is 5.97. The maximum absolute atomic E-state index is 13.2. The van der Waals surface area contributed by atoms with E-state index in [2.05, 4.69) is 10.5 Å². The number of nitrogens with zero attached hydrogens (tertiary/aromatic N) is 2. The molecule has 2 aromatic carbocycles. The van der Waals surface area contributed by atoms with Crippen molar-refractivity contribution in [3.8, 4) is 11.3 Å². The summed E-state index contributed by atoms with van der Waals surface area (Å²) in [4.78, 5) is 40.4. The summed E-state index contributed by atoms with van der Waals surface area (Å²) in [7, 11) is 0. The van der Waals surface area contributed by atoms with Gasteiger partial charge in [0.2, 0.25) is 17.7 Å². The molecule has 8 nitrogen and oxygen atoms in total. The molecule has 9 heteroatoms. The van der Waals surface area contributed by atoms with Crippen LogP contribution in [0.5, 0.6) is 0 Å². The minimum atomic E-state index is -0.675. The number of rotatable bonds is 7. The lowest BCUT2D eigenvalue weighted by molar-refractivity contribution is -0.122. The van der Waals surface area contributed by atoms with E-state index in [-0.39, 0.29) is 42.6 Å². The summed E-state index contributed by atoms with van der Waals surface area (Å²) < 4.78 is 10.5. The monoisotopic (exact) mass is 495 g/mol. The van der Waals surface area contributed by atoms with Gasteiger partial charge in [0.25, 0.3) is 0 Å². The van der Waals surface area contributed by atoms with Gasteiger partial charge in [-0.1, -0.05) is 54.0 Å².